The van der Waals surface area contributed by atoms with Crippen LogP contribution in [0.4, 0.5) is 0 Å². The second kappa shape index (κ2) is 7.51. The normalized spacial score (nSPS) is 12.5. The second-order valence-corrected chi connectivity index (χ2v) is 6.67. The van der Waals surface area contributed by atoms with E-state index in [2.05, 4.69) is 25.9 Å². The van der Waals surface area contributed by atoms with E-state index >= 15 is 0 Å². The van der Waals surface area contributed by atoms with Crippen molar-refractivity contribution in [2.45, 2.75) is 39.7 Å². The lowest BCUT2D eigenvalue weighted by molar-refractivity contribution is 0.410. The maximum atomic E-state index is 5.52. The lowest BCUT2D eigenvalue weighted by Gasteiger charge is -2.14. The summed E-state index contributed by atoms with van der Waals surface area (Å²) in [4.78, 5) is 4.81. The van der Waals surface area contributed by atoms with Crippen LogP contribution in [0.2, 0.25) is 0 Å². The molecule has 3 rings (SSSR count). The molecule has 0 radical (unpaired) electrons. The quantitative estimate of drug-likeness (QED) is 0.661. The topological polar surface area (TPSA) is 57.8 Å². The van der Waals surface area contributed by atoms with Crippen molar-refractivity contribution in [3.8, 4) is 11.4 Å². The van der Waals surface area contributed by atoms with Gasteiger partial charge >= 0.3 is 0 Å². The molecular formula is C19H25N5O. The van der Waals surface area contributed by atoms with Gasteiger partial charge in [0.05, 0.1) is 13.2 Å². The summed E-state index contributed by atoms with van der Waals surface area (Å²) in [5, 5.41) is 9.10. The van der Waals surface area contributed by atoms with Gasteiger partial charge in [-0.3, -0.25) is 4.68 Å². The molecule has 0 saturated carbocycles. The molecule has 132 valence electrons. The van der Waals surface area contributed by atoms with E-state index in [9.17, 15) is 0 Å². The Morgan fingerprint density at radius 2 is 1.88 bits per heavy atom. The zero-order valence-corrected chi connectivity index (χ0v) is 15.3. The van der Waals surface area contributed by atoms with Gasteiger partial charge in [0, 0.05) is 25.2 Å². The second-order valence-electron chi connectivity index (χ2n) is 6.67. The number of aromatic nitrogens is 5. The van der Waals surface area contributed by atoms with E-state index in [-0.39, 0.29) is 6.04 Å². The molecule has 0 saturated heterocycles. The molecule has 25 heavy (non-hydrogen) atoms. The molecular weight excluding hydrogens is 314 g/mol. The molecule has 0 N–H and O–H groups in total. The third-order valence-corrected chi connectivity index (χ3v) is 4.08. The van der Waals surface area contributed by atoms with E-state index in [1.54, 1.807) is 13.3 Å². The number of para-hydroxylation sites is 2. The van der Waals surface area contributed by atoms with Crippen molar-refractivity contribution in [3.63, 3.8) is 0 Å². The highest BCUT2D eigenvalue weighted by atomic mass is 16.5. The highest BCUT2D eigenvalue weighted by Gasteiger charge is 2.18. The smallest absolute Gasteiger partial charge is 0.151 e. The van der Waals surface area contributed by atoms with Gasteiger partial charge in [-0.05, 0) is 31.0 Å². The summed E-state index contributed by atoms with van der Waals surface area (Å²) in [6.45, 7) is 6.49. The first-order chi connectivity index (χ1) is 12.1. The summed E-state index contributed by atoms with van der Waals surface area (Å²) in [6.07, 6.45) is 5.37. The van der Waals surface area contributed by atoms with Crippen molar-refractivity contribution < 1.29 is 4.74 Å². The number of hydrogen-bond donors (Lipinski definition) is 0. The third-order valence-electron chi connectivity index (χ3n) is 4.08. The summed E-state index contributed by atoms with van der Waals surface area (Å²) in [5.41, 5.74) is 0.912. The van der Waals surface area contributed by atoms with Gasteiger partial charge in [0.15, 0.2) is 5.82 Å². The predicted octanol–water partition coefficient (Wildman–Crippen LogP) is 3.47. The Balaban J connectivity index is 1.99. The molecule has 0 bridgehead atoms. The number of rotatable bonds is 7. The van der Waals surface area contributed by atoms with Crippen LogP contribution in [0.25, 0.3) is 5.69 Å². The van der Waals surface area contributed by atoms with Crippen LogP contribution in [0.5, 0.6) is 5.75 Å². The Labute approximate surface area is 148 Å². The predicted molar refractivity (Wildman–Crippen MR) is 97.1 cm³/mol. The molecule has 6 heteroatoms. The minimum absolute atomic E-state index is 0.194. The van der Waals surface area contributed by atoms with Gasteiger partial charge in [0.1, 0.15) is 17.3 Å². The van der Waals surface area contributed by atoms with Gasteiger partial charge < -0.3 is 4.74 Å². The molecule has 0 aliphatic rings. The molecule has 2 aromatic heterocycles. The fourth-order valence-corrected chi connectivity index (χ4v) is 2.87. The van der Waals surface area contributed by atoms with E-state index in [4.69, 9.17) is 14.8 Å². The number of nitrogens with zero attached hydrogens (tertiary/aromatic N) is 5. The zero-order valence-electron chi connectivity index (χ0n) is 15.3. The summed E-state index contributed by atoms with van der Waals surface area (Å²) in [7, 11) is 1.68. The minimum atomic E-state index is 0.194. The monoisotopic (exact) mass is 339 g/mol. The van der Waals surface area contributed by atoms with Crippen LogP contribution >= 0.6 is 0 Å². The Morgan fingerprint density at radius 3 is 2.56 bits per heavy atom. The lowest BCUT2D eigenvalue weighted by atomic mass is 10.1. The Morgan fingerprint density at radius 1 is 1.08 bits per heavy atom. The van der Waals surface area contributed by atoms with Gasteiger partial charge in [0.25, 0.3) is 0 Å². The van der Waals surface area contributed by atoms with Crippen molar-refractivity contribution in [2.24, 2.45) is 5.92 Å². The summed E-state index contributed by atoms with van der Waals surface area (Å²) < 4.78 is 9.38. The molecule has 0 spiro atoms. The van der Waals surface area contributed by atoms with Crippen molar-refractivity contribution >= 4 is 0 Å². The van der Waals surface area contributed by atoms with Crippen LogP contribution in [0.1, 0.15) is 38.5 Å². The molecule has 6 nitrogen and oxygen atoms in total. The zero-order chi connectivity index (χ0) is 17.8. The molecule has 0 fully saturated rings. The number of benzene rings is 1. The van der Waals surface area contributed by atoms with Crippen LogP contribution in [0, 0.1) is 5.92 Å². The lowest BCUT2D eigenvalue weighted by Crippen LogP contribution is -2.13. The van der Waals surface area contributed by atoms with Gasteiger partial charge in [-0.1, -0.05) is 26.0 Å². The third kappa shape index (κ3) is 3.90. The Hall–Kier alpha value is -2.63. The fraction of sp³-hybridized carbons (Fsp3) is 0.421. The summed E-state index contributed by atoms with van der Waals surface area (Å²) in [5.74, 6) is 3.08. The molecule has 0 unspecified atom stereocenters. The van der Waals surface area contributed by atoms with Crippen molar-refractivity contribution in [3.05, 3.63) is 54.4 Å². The molecule has 0 aliphatic heterocycles. The molecule has 3 aromatic rings. The maximum Gasteiger partial charge on any atom is 0.151 e. The highest BCUT2D eigenvalue weighted by molar-refractivity contribution is 5.46. The standard InChI is InChI=1S/C19H25N5O/c1-14(2)12-18-21-19(13-15(3)23-11-7-10-20-23)24(22-18)16-8-5-6-9-17(16)25-4/h5-11,14-15H,12-13H2,1-4H3/t15-/m0/s1. The summed E-state index contributed by atoms with van der Waals surface area (Å²) in [6, 6.07) is 10.0. The van der Waals surface area contributed by atoms with E-state index in [1.807, 2.05) is 45.9 Å². The average molecular weight is 339 g/mol. The average Bonchev–Trinajstić information content (AvgIpc) is 3.24. The molecule has 1 atom stereocenters. The number of ether oxygens (including phenoxy) is 1. The largest absolute Gasteiger partial charge is 0.494 e. The van der Waals surface area contributed by atoms with Crippen molar-refractivity contribution in [2.75, 3.05) is 7.11 Å². The molecule has 1 aromatic carbocycles. The van der Waals surface area contributed by atoms with Crippen molar-refractivity contribution in [1.29, 1.82) is 0 Å². The van der Waals surface area contributed by atoms with E-state index in [0.29, 0.717) is 5.92 Å². The highest BCUT2D eigenvalue weighted by Crippen LogP contribution is 2.24. The van der Waals surface area contributed by atoms with E-state index in [1.165, 1.54) is 0 Å². The first kappa shape index (κ1) is 17.2. The molecule has 2 heterocycles. The first-order valence-electron chi connectivity index (χ1n) is 8.65. The first-order valence-corrected chi connectivity index (χ1v) is 8.65. The number of hydrogen-bond acceptors (Lipinski definition) is 4. The van der Waals surface area contributed by atoms with Crippen LogP contribution in [0.15, 0.2) is 42.7 Å². The van der Waals surface area contributed by atoms with Crippen LogP contribution in [-0.4, -0.2) is 31.7 Å². The molecule has 0 amide bonds. The van der Waals surface area contributed by atoms with Gasteiger partial charge in [-0.2, -0.15) is 10.2 Å². The molecule has 0 aliphatic carbocycles. The minimum Gasteiger partial charge on any atom is -0.494 e. The van der Waals surface area contributed by atoms with E-state index < -0.39 is 0 Å². The van der Waals surface area contributed by atoms with Gasteiger partial charge in [-0.25, -0.2) is 9.67 Å². The summed E-state index contributed by atoms with van der Waals surface area (Å²) >= 11 is 0. The van der Waals surface area contributed by atoms with Crippen molar-refractivity contribution in [1.82, 2.24) is 24.5 Å². The fourth-order valence-electron chi connectivity index (χ4n) is 2.87. The number of methoxy groups -OCH3 is 1. The van der Waals surface area contributed by atoms with Crippen LogP contribution < -0.4 is 4.74 Å². The van der Waals surface area contributed by atoms with Crippen LogP contribution in [0.3, 0.4) is 0 Å². The SMILES string of the molecule is COc1ccccc1-n1nc(CC(C)C)nc1C[C@H](C)n1cccn1. The van der Waals surface area contributed by atoms with Gasteiger partial charge in [0.2, 0.25) is 0 Å². The van der Waals surface area contributed by atoms with Gasteiger partial charge in [-0.15, -0.1) is 0 Å². The van der Waals surface area contributed by atoms with Crippen LogP contribution in [-0.2, 0) is 12.8 Å². The Kier molecular flexibility index (Phi) is 5.16. The maximum absolute atomic E-state index is 5.52. The Bertz CT molecular complexity index is 807. The van der Waals surface area contributed by atoms with E-state index in [0.717, 1.165) is 35.9 Å².